The second kappa shape index (κ2) is 4.54. The molecule has 1 heterocycles. The van der Waals surface area contributed by atoms with Gasteiger partial charge in [-0.2, -0.15) is 0 Å². The predicted molar refractivity (Wildman–Crippen MR) is 79.9 cm³/mol. The Hall–Kier alpha value is -2.09. The van der Waals surface area contributed by atoms with Crippen molar-refractivity contribution in [1.29, 1.82) is 0 Å². The van der Waals surface area contributed by atoms with Crippen molar-refractivity contribution < 1.29 is 0 Å². The number of rotatable bonds is 2. The van der Waals surface area contributed by atoms with E-state index in [1.54, 1.807) is 0 Å². The monoisotopic (exact) mass is 250 g/mol. The van der Waals surface area contributed by atoms with Gasteiger partial charge in [-0.15, -0.1) is 0 Å². The van der Waals surface area contributed by atoms with Gasteiger partial charge in [0.1, 0.15) is 6.33 Å². The maximum Gasteiger partial charge on any atom is 0.100 e. The van der Waals surface area contributed by atoms with E-state index in [4.69, 9.17) is 0 Å². The summed E-state index contributed by atoms with van der Waals surface area (Å²) in [4.78, 5) is 4.45. The first-order chi connectivity index (χ1) is 9.16. The van der Waals surface area contributed by atoms with Crippen LogP contribution >= 0.6 is 0 Å². The zero-order valence-electron chi connectivity index (χ0n) is 11.6. The van der Waals surface area contributed by atoms with Crippen molar-refractivity contribution in [3.05, 3.63) is 59.9 Å². The van der Waals surface area contributed by atoms with E-state index in [-0.39, 0.29) is 0 Å². The number of hydrogen-bond acceptors (Lipinski definition) is 1. The summed E-state index contributed by atoms with van der Waals surface area (Å²) in [5.74, 6) is 0.564. The summed E-state index contributed by atoms with van der Waals surface area (Å²) >= 11 is 0. The van der Waals surface area contributed by atoms with Gasteiger partial charge in [-0.3, -0.25) is 4.57 Å². The maximum absolute atomic E-state index is 4.45. The summed E-state index contributed by atoms with van der Waals surface area (Å²) in [6, 6.07) is 14.9. The number of benzene rings is 2. The molecule has 2 aromatic carbocycles. The molecule has 2 nitrogen and oxygen atoms in total. The van der Waals surface area contributed by atoms with Crippen LogP contribution in [0.15, 0.2) is 48.8 Å². The van der Waals surface area contributed by atoms with Crippen LogP contribution in [0, 0.1) is 6.92 Å². The third kappa shape index (κ3) is 2.03. The van der Waals surface area contributed by atoms with Gasteiger partial charge in [0.25, 0.3) is 0 Å². The Morgan fingerprint density at radius 3 is 2.58 bits per heavy atom. The zero-order chi connectivity index (χ0) is 13.4. The SMILES string of the molecule is Cc1cc(-n2cnc3ccccc32)ccc1C(C)C. The smallest absolute Gasteiger partial charge is 0.100 e. The summed E-state index contributed by atoms with van der Waals surface area (Å²) in [6.07, 6.45) is 1.90. The number of nitrogens with zero attached hydrogens (tertiary/aromatic N) is 2. The number of imidazole rings is 1. The van der Waals surface area contributed by atoms with Crippen molar-refractivity contribution in [3.8, 4) is 5.69 Å². The van der Waals surface area contributed by atoms with Gasteiger partial charge in [0.05, 0.1) is 11.0 Å². The van der Waals surface area contributed by atoms with Crippen LogP contribution in [0.4, 0.5) is 0 Å². The molecular formula is C17H18N2. The van der Waals surface area contributed by atoms with E-state index in [0.29, 0.717) is 5.92 Å². The third-order valence-corrected chi connectivity index (χ3v) is 3.61. The van der Waals surface area contributed by atoms with E-state index >= 15 is 0 Å². The summed E-state index contributed by atoms with van der Waals surface area (Å²) < 4.78 is 2.15. The molecule has 0 amide bonds. The largest absolute Gasteiger partial charge is 0.299 e. The van der Waals surface area contributed by atoms with Crippen LogP contribution in [0.5, 0.6) is 0 Å². The molecule has 3 rings (SSSR count). The molecule has 2 heteroatoms. The fourth-order valence-electron chi connectivity index (χ4n) is 2.62. The highest BCUT2D eigenvalue weighted by Crippen LogP contribution is 2.24. The molecular weight excluding hydrogens is 232 g/mol. The molecule has 0 saturated carbocycles. The number of fused-ring (bicyclic) bond motifs is 1. The summed E-state index contributed by atoms with van der Waals surface area (Å²) in [7, 11) is 0. The van der Waals surface area contributed by atoms with Gasteiger partial charge in [-0.1, -0.05) is 32.0 Å². The van der Waals surface area contributed by atoms with Gasteiger partial charge in [0.2, 0.25) is 0 Å². The Bertz CT molecular complexity index is 723. The molecule has 0 unspecified atom stereocenters. The number of aromatic nitrogens is 2. The fourth-order valence-corrected chi connectivity index (χ4v) is 2.62. The number of aryl methyl sites for hydroxylation is 1. The fraction of sp³-hybridized carbons (Fsp3) is 0.235. The predicted octanol–water partition coefficient (Wildman–Crippen LogP) is 4.46. The molecule has 0 radical (unpaired) electrons. The molecule has 0 spiro atoms. The van der Waals surface area contributed by atoms with E-state index < -0.39 is 0 Å². The molecule has 1 aromatic heterocycles. The lowest BCUT2D eigenvalue weighted by atomic mass is 9.97. The minimum atomic E-state index is 0.564. The normalized spacial score (nSPS) is 11.4. The lowest BCUT2D eigenvalue weighted by molar-refractivity contribution is 0.855. The van der Waals surface area contributed by atoms with Gasteiger partial charge in [0.15, 0.2) is 0 Å². The van der Waals surface area contributed by atoms with Gasteiger partial charge in [-0.25, -0.2) is 4.98 Å². The van der Waals surface area contributed by atoms with Crippen molar-refractivity contribution in [3.63, 3.8) is 0 Å². The van der Waals surface area contributed by atoms with Crippen LogP contribution < -0.4 is 0 Å². The average molecular weight is 250 g/mol. The highest BCUT2D eigenvalue weighted by atomic mass is 15.0. The summed E-state index contributed by atoms with van der Waals surface area (Å²) in [6.45, 7) is 6.64. The standard InChI is InChI=1S/C17H18N2/c1-12(2)15-9-8-14(10-13(15)3)19-11-18-16-6-4-5-7-17(16)19/h4-12H,1-3H3. The topological polar surface area (TPSA) is 17.8 Å². The minimum absolute atomic E-state index is 0.564. The molecule has 0 N–H and O–H groups in total. The van der Waals surface area contributed by atoms with Crippen molar-refractivity contribution in [2.24, 2.45) is 0 Å². The quantitative estimate of drug-likeness (QED) is 0.656. The first-order valence-electron chi connectivity index (χ1n) is 6.70. The molecule has 0 bridgehead atoms. The lowest BCUT2D eigenvalue weighted by Gasteiger charge is -2.12. The zero-order valence-corrected chi connectivity index (χ0v) is 11.6. The first-order valence-corrected chi connectivity index (χ1v) is 6.70. The van der Waals surface area contributed by atoms with Gasteiger partial charge < -0.3 is 0 Å². The Balaban J connectivity index is 2.14. The van der Waals surface area contributed by atoms with E-state index in [0.717, 1.165) is 11.0 Å². The third-order valence-electron chi connectivity index (χ3n) is 3.61. The maximum atomic E-state index is 4.45. The van der Waals surface area contributed by atoms with Gasteiger partial charge >= 0.3 is 0 Å². The Morgan fingerprint density at radius 1 is 1.05 bits per heavy atom. The highest BCUT2D eigenvalue weighted by Gasteiger charge is 2.07. The number of para-hydroxylation sites is 2. The number of hydrogen-bond donors (Lipinski definition) is 0. The second-order valence-corrected chi connectivity index (χ2v) is 5.30. The van der Waals surface area contributed by atoms with E-state index in [9.17, 15) is 0 Å². The molecule has 0 aliphatic rings. The van der Waals surface area contributed by atoms with Crippen LogP contribution in [0.1, 0.15) is 30.9 Å². The van der Waals surface area contributed by atoms with Crippen LogP contribution in [0.2, 0.25) is 0 Å². The Kier molecular flexibility index (Phi) is 2.86. The van der Waals surface area contributed by atoms with Crippen molar-refractivity contribution in [2.75, 3.05) is 0 Å². The highest BCUT2D eigenvalue weighted by molar-refractivity contribution is 5.77. The molecule has 0 fully saturated rings. The molecule has 0 aliphatic carbocycles. The minimum Gasteiger partial charge on any atom is -0.299 e. The first kappa shape index (κ1) is 12.0. The van der Waals surface area contributed by atoms with Crippen molar-refractivity contribution in [2.45, 2.75) is 26.7 Å². The van der Waals surface area contributed by atoms with Crippen LogP contribution in [-0.4, -0.2) is 9.55 Å². The van der Waals surface area contributed by atoms with Crippen LogP contribution in [-0.2, 0) is 0 Å². The van der Waals surface area contributed by atoms with Crippen LogP contribution in [0.3, 0.4) is 0 Å². The van der Waals surface area contributed by atoms with Gasteiger partial charge in [-0.05, 0) is 48.2 Å². The molecule has 0 saturated heterocycles. The Labute approximate surface area is 113 Å². The second-order valence-electron chi connectivity index (χ2n) is 5.30. The summed E-state index contributed by atoms with van der Waals surface area (Å²) in [5.41, 5.74) is 6.11. The van der Waals surface area contributed by atoms with E-state index in [2.05, 4.69) is 60.7 Å². The molecule has 96 valence electrons. The van der Waals surface area contributed by atoms with E-state index in [1.807, 2.05) is 18.5 Å². The van der Waals surface area contributed by atoms with E-state index in [1.165, 1.54) is 16.8 Å². The molecule has 3 aromatic rings. The van der Waals surface area contributed by atoms with Gasteiger partial charge in [0, 0.05) is 5.69 Å². The van der Waals surface area contributed by atoms with Crippen molar-refractivity contribution >= 4 is 11.0 Å². The molecule has 19 heavy (non-hydrogen) atoms. The van der Waals surface area contributed by atoms with Crippen molar-refractivity contribution in [1.82, 2.24) is 9.55 Å². The Morgan fingerprint density at radius 2 is 1.84 bits per heavy atom. The van der Waals surface area contributed by atoms with Crippen LogP contribution in [0.25, 0.3) is 16.7 Å². The molecule has 0 atom stereocenters. The lowest BCUT2D eigenvalue weighted by Crippen LogP contribution is -1.97. The average Bonchev–Trinajstić information content (AvgIpc) is 2.82. The molecule has 0 aliphatic heterocycles. The summed E-state index contributed by atoms with van der Waals surface area (Å²) in [5, 5.41) is 0.